The molecule has 0 saturated carbocycles. The first-order chi connectivity index (χ1) is 24.5. The highest BCUT2D eigenvalue weighted by Gasteiger charge is 2.12. The molecule has 11 nitrogen and oxygen atoms in total. The van der Waals surface area contributed by atoms with E-state index in [1.165, 1.54) is 68.9 Å². The highest BCUT2D eigenvalue weighted by Crippen LogP contribution is 2.36. The van der Waals surface area contributed by atoms with Crippen LogP contribution in [-0.4, -0.2) is 30.7 Å². The van der Waals surface area contributed by atoms with Gasteiger partial charge < -0.3 is 20.3 Å². The van der Waals surface area contributed by atoms with Crippen LogP contribution in [0.25, 0.3) is 0 Å². The second kappa shape index (κ2) is 31.0. The molecule has 0 aliphatic rings. The van der Waals surface area contributed by atoms with Gasteiger partial charge in [0.1, 0.15) is 11.5 Å². The molecule has 4 N–H and O–H groups in total. The van der Waals surface area contributed by atoms with Crippen LogP contribution in [0.1, 0.15) is 106 Å². The summed E-state index contributed by atoms with van der Waals surface area (Å²) in [5.41, 5.74) is 16.4. The van der Waals surface area contributed by atoms with Crippen molar-refractivity contribution in [2.24, 2.45) is 0 Å². The zero-order valence-electron chi connectivity index (χ0n) is 32.8. The zero-order chi connectivity index (χ0) is 39.0. The van der Waals surface area contributed by atoms with E-state index in [0.717, 1.165) is 12.1 Å². The summed E-state index contributed by atoms with van der Waals surface area (Å²) in [4.78, 5) is 31.3. The van der Waals surface area contributed by atoms with Crippen LogP contribution in [0.2, 0.25) is 0 Å². The van der Waals surface area contributed by atoms with E-state index in [9.17, 15) is 19.7 Å². The number of nitro groups is 1. The first kappa shape index (κ1) is 48.1. The van der Waals surface area contributed by atoms with E-state index in [4.69, 9.17) is 9.47 Å². The minimum atomic E-state index is -0.443. The fraction of sp³-hybridized carbons (Fsp3) is 0.450. The molecule has 0 bridgehead atoms. The van der Waals surface area contributed by atoms with Gasteiger partial charge in [0.15, 0.2) is 11.6 Å². The summed E-state index contributed by atoms with van der Waals surface area (Å²) in [6.07, 6.45) is 10.7. The third-order valence-corrected chi connectivity index (χ3v) is 6.54. The molecular formula is C40H63N5O6. The lowest BCUT2D eigenvalue weighted by molar-refractivity contribution is -0.384. The number of methoxy groups -OCH3 is 2. The molecule has 0 saturated heterocycles. The number of benzene rings is 3. The third-order valence-electron chi connectivity index (χ3n) is 6.54. The van der Waals surface area contributed by atoms with Gasteiger partial charge in [0.25, 0.3) is 5.69 Å². The van der Waals surface area contributed by atoms with E-state index in [1.54, 1.807) is 38.5 Å². The lowest BCUT2D eigenvalue weighted by Gasteiger charge is -2.18. The summed E-state index contributed by atoms with van der Waals surface area (Å²) in [7, 11) is 3.14. The maximum absolute atomic E-state index is 10.8. The fourth-order valence-corrected chi connectivity index (χ4v) is 3.57. The lowest BCUT2D eigenvalue weighted by Crippen LogP contribution is -2.12. The number of hydrazine groups is 2. The number of hydrogen-bond acceptors (Lipinski definition) is 10. The number of rotatable bonds is 16. The van der Waals surface area contributed by atoms with Crippen LogP contribution in [0.3, 0.4) is 0 Å². The molecule has 3 rings (SSSR count). The Labute approximate surface area is 306 Å². The van der Waals surface area contributed by atoms with Gasteiger partial charge in [-0.3, -0.25) is 30.6 Å². The molecule has 3 aromatic rings. The van der Waals surface area contributed by atoms with Crippen LogP contribution >= 0.6 is 0 Å². The van der Waals surface area contributed by atoms with E-state index < -0.39 is 4.92 Å². The molecule has 0 atom stereocenters. The molecular weight excluding hydrogens is 646 g/mol. The van der Waals surface area contributed by atoms with Crippen molar-refractivity contribution < 1.29 is 24.0 Å². The first-order valence-corrected chi connectivity index (χ1v) is 17.8. The first-order valence-electron chi connectivity index (χ1n) is 17.8. The standard InChI is InChI=1S/C21H23N5O4.C8H12O2.C5H12.C4H10.C2H6/c1-14-4-6-15(7-5-14)22-24-18-12-21(30-3)19(13-20(18)29-2)25-23-16-8-10-17(11-9-16)26(27)28;1-3-4-8(10)6-5-7(2)9;1-3-5-4-2;1-3-4-2;1-2/h4-13,22-25H,1-3H3;5-6H,3-4H2,1-2H3;3-5H2,1-2H3;3-4H2,1-2H3;1-2H3/b;6-5-;;;. The van der Waals surface area contributed by atoms with Crippen molar-refractivity contribution in [3.63, 3.8) is 0 Å². The Morgan fingerprint density at radius 1 is 0.686 bits per heavy atom. The summed E-state index contributed by atoms with van der Waals surface area (Å²) in [6.45, 7) is 18.2. The molecule has 0 radical (unpaired) electrons. The van der Waals surface area contributed by atoms with Gasteiger partial charge >= 0.3 is 0 Å². The Bertz CT molecular complexity index is 1390. The number of ether oxygens (including phenoxy) is 2. The molecule has 0 heterocycles. The fourth-order valence-electron chi connectivity index (χ4n) is 3.57. The molecule has 0 amide bonds. The highest BCUT2D eigenvalue weighted by atomic mass is 16.6. The maximum atomic E-state index is 10.8. The number of nitrogens with zero attached hydrogens (tertiary/aromatic N) is 1. The number of nitro benzene ring substituents is 1. The molecule has 0 unspecified atom stereocenters. The minimum absolute atomic E-state index is 0.0244. The topological polar surface area (TPSA) is 144 Å². The van der Waals surface area contributed by atoms with Crippen LogP contribution in [0.5, 0.6) is 11.5 Å². The van der Waals surface area contributed by atoms with Crippen LogP contribution in [0.15, 0.2) is 72.8 Å². The average Bonchev–Trinajstić information content (AvgIpc) is 3.14. The SMILES string of the molecule is CC.CCCC.CCCC(=O)/C=C\C(C)=O.CCCCC.COc1cc(NNc2ccc([N+](=O)[O-])cc2)c(OC)cc1NNc1ccc(C)cc1. The largest absolute Gasteiger partial charge is 0.494 e. The molecule has 3 aromatic carbocycles. The summed E-state index contributed by atoms with van der Waals surface area (Å²) in [5, 5.41) is 10.8. The number of anilines is 4. The Kier molecular flexibility index (Phi) is 29.2. The monoisotopic (exact) mass is 709 g/mol. The number of carbonyl (C=O) groups is 2. The Morgan fingerprint density at radius 2 is 1.12 bits per heavy atom. The Balaban J connectivity index is 0. The van der Waals surface area contributed by atoms with Crippen LogP contribution in [-0.2, 0) is 9.59 Å². The Hall–Kier alpha value is -5.06. The van der Waals surface area contributed by atoms with Gasteiger partial charge in [-0.15, -0.1) is 0 Å². The molecule has 51 heavy (non-hydrogen) atoms. The second-order valence-electron chi connectivity index (χ2n) is 10.9. The number of unbranched alkanes of at least 4 members (excludes halogenated alkanes) is 3. The summed E-state index contributed by atoms with van der Waals surface area (Å²) >= 11 is 0. The summed E-state index contributed by atoms with van der Waals surface area (Å²) < 4.78 is 11.0. The maximum Gasteiger partial charge on any atom is 0.269 e. The minimum Gasteiger partial charge on any atom is -0.494 e. The predicted octanol–water partition coefficient (Wildman–Crippen LogP) is 11.3. The van der Waals surface area contributed by atoms with Crippen molar-refractivity contribution in [3.05, 3.63) is 88.5 Å². The van der Waals surface area contributed by atoms with Crippen molar-refractivity contribution in [2.75, 3.05) is 35.9 Å². The van der Waals surface area contributed by atoms with Gasteiger partial charge in [-0.25, -0.2) is 0 Å². The van der Waals surface area contributed by atoms with Crippen molar-refractivity contribution >= 4 is 40.0 Å². The smallest absolute Gasteiger partial charge is 0.269 e. The normalized spacial score (nSPS) is 9.47. The molecule has 284 valence electrons. The van der Waals surface area contributed by atoms with Crippen molar-refractivity contribution in [1.29, 1.82) is 0 Å². The van der Waals surface area contributed by atoms with Gasteiger partial charge in [-0.2, -0.15) is 0 Å². The number of aryl methyl sites for hydroxylation is 1. The summed E-state index contributed by atoms with van der Waals surface area (Å²) in [5.74, 6) is 1.10. The number of allylic oxidation sites excluding steroid dienone is 2. The zero-order valence-corrected chi connectivity index (χ0v) is 32.8. The molecule has 11 heteroatoms. The van der Waals surface area contributed by atoms with E-state index in [0.29, 0.717) is 35.0 Å². The van der Waals surface area contributed by atoms with Crippen LogP contribution in [0, 0.1) is 17.0 Å². The number of nitrogens with one attached hydrogen (secondary N) is 4. The third kappa shape index (κ3) is 23.1. The molecule has 0 fully saturated rings. The molecule has 0 aromatic heterocycles. The van der Waals surface area contributed by atoms with E-state index in [-0.39, 0.29) is 17.3 Å². The van der Waals surface area contributed by atoms with Gasteiger partial charge in [-0.1, -0.05) is 98.3 Å². The number of carbonyl (C=O) groups excluding carboxylic acids is 2. The van der Waals surface area contributed by atoms with Gasteiger partial charge in [0, 0.05) is 30.7 Å². The van der Waals surface area contributed by atoms with Crippen LogP contribution in [0.4, 0.5) is 28.4 Å². The van der Waals surface area contributed by atoms with E-state index >= 15 is 0 Å². The van der Waals surface area contributed by atoms with Crippen molar-refractivity contribution in [2.45, 2.75) is 107 Å². The van der Waals surface area contributed by atoms with Crippen LogP contribution < -0.4 is 31.2 Å². The number of ketones is 2. The highest BCUT2D eigenvalue weighted by molar-refractivity contribution is 5.97. The molecule has 0 aliphatic heterocycles. The quantitative estimate of drug-likeness (QED) is 0.0644. The predicted molar refractivity (Wildman–Crippen MR) is 215 cm³/mol. The average molecular weight is 710 g/mol. The van der Waals surface area contributed by atoms with Gasteiger partial charge in [-0.05, 0) is 56.7 Å². The number of non-ortho nitro benzene ring substituents is 1. The Morgan fingerprint density at radius 3 is 1.43 bits per heavy atom. The van der Waals surface area contributed by atoms with Crippen molar-refractivity contribution in [1.82, 2.24) is 0 Å². The second-order valence-corrected chi connectivity index (χ2v) is 10.9. The molecule has 0 aliphatic carbocycles. The lowest BCUT2D eigenvalue weighted by atomic mass is 10.2. The molecule has 0 spiro atoms. The van der Waals surface area contributed by atoms with E-state index in [2.05, 4.69) is 49.4 Å². The van der Waals surface area contributed by atoms with Crippen molar-refractivity contribution in [3.8, 4) is 11.5 Å². The number of hydrogen-bond donors (Lipinski definition) is 4. The van der Waals surface area contributed by atoms with Gasteiger partial charge in [0.05, 0.1) is 41.9 Å². The van der Waals surface area contributed by atoms with Gasteiger partial charge in [0.2, 0.25) is 0 Å². The van der Waals surface area contributed by atoms with E-state index in [1.807, 2.05) is 52.0 Å². The summed E-state index contributed by atoms with van der Waals surface area (Å²) in [6, 6.07) is 17.6.